The van der Waals surface area contributed by atoms with E-state index in [1.807, 2.05) is 25.1 Å². The first-order chi connectivity index (χ1) is 16.1. The number of halogens is 3. The summed E-state index contributed by atoms with van der Waals surface area (Å²) < 4.78 is 65.5. The summed E-state index contributed by atoms with van der Waals surface area (Å²) >= 11 is 0. The van der Waals surface area contributed by atoms with E-state index in [1.165, 1.54) is 12.1 Å². The predicted molar refractivity (Wildman–Crippen MR) is 126 cm³/mol. The first-order valence-corrected chi connectivity index (χ1v) is 12.2. The summed E-state index contributed by atoms with van der Waals surface area (Å²) in [6, 6.07) is 15.1. The molecule has 0 spiro atoms. The molecule has 0 saturated carbocycles. The fraction of sp³-hybridized carbons (Fsp3) is 0.250. The second-order valence-electron chi connectivity index (χ2n) is 7.96. The Bertz CT molecular complexity index is 1430. The second-order valence-corrected chi connectivity index (χ2v) is 9.63. The number of para-hydroxylation sites is 1. The summed E-state index contributed by atoms with van der Waals surface area (Å²) in [6.45, 7) is 4.62. The predicted octanol–water partition coefficient (Wildman–Crippen LogP) is 5.67. The van der Waals surface area contributed by atoms with Gasteiger partial charge in [0.1, 0.15) is 11.3 Å². The quantitative estimate of drug-likeness (QED) is 0.364. The van der Waals surface area contributed by atoms with Crippen LogP contribution in [0.3, 0.4) is 0 Å². The zero-order chi connectivity index (χ0) is 24.5. The van der Waals surface area contributed by atoms with Crippen LogP contribution in [0.25, 0.3) is 22.3 Å². The van der Waals surface area contributed by atoms with E-state index in [1.54, 1.807) is 35.2 Å². The summed E-state index contributed by atoms with van der Waals surface area (Å²) in [5.74, 6) is 0.940. The Labute approximate surface area is 195 Å². The Morgan fingerprint density at radius 2 is 1.74 bits per heavy atom. The zero-order valence-corrected chi connectivity index (χ0v) is 19.4. The van der Waals surface area contributed by atoms with Crippen molar-refractivity contribution < 1.29 is 21.6 Å². The van der Waals surface area contributed by atoms with E-state index >= 15 is 0 Å². The monoisotopic (exact) mass is 488 g/mol. The van der Waals surface area contributed by atoms with Gasteiger partial charge in [0.2, 0.25) is 0 Å². The van der Waals surface area contributed by atoms with Crippen molar-refractivity contribution in [3.8, 4) is 11.1 Å². The normalized spacial score (nSPS) is 12.3. The average Bonchev–Trinajstić information content (AvgIpc) is 3.13. The molecule has 178 valence electrons. The maximum atomic E-state index is 12.8. The molecule has 0 fully saturated rings. The molecular weight excluding hydrogens is 465 g/mol. The summed E-state index contributed by atoms with van der Waals surface area (Å²) in [7, 11) is -5.53. The molecule has 0 saturated heterocycles. The van der Waals surface area contributed by atoms with E-state index in [4.69, 9.17) is 4.98 Å². The van der Waals surface area contributed by atoms with Crippen molar-refractivity contribution >= 4 is 26.9 Å². The molecule has 2 aromatic carbocycles. The van der Waals surface area contributed by atoms with Gasteiger partial charge >= 0.3 is 15.5 Å². The number of fused-ring (bicyclic) bond motifs is 1. The number of rotatable bonds is 7. The molecular formula is C24H23F3N4O2S. The summed E-state index contributed by atoms with van der Waals surface area (Å²) in [5, 5.41) is 0. The van der Waals surface area contributed by atoms with Crippen LogP contribution in [0.2, 0.25) is 0 Å². The number of aromatic nitrogens is 3. The van der Waals surface area contributed by atoms with E-state index in [0.717, 1.165) is 41.0 Å². The zero-order valence-electron chi connectivity index (χ0n) is 18.6. The Morgan fingerprint density at radius 1 is 1.03 bits per heavy atom. The van der Waals surface area contributed by atoms with Crippen molar-refractivity contribution in [2.45, 2.75) is 38.7 Å². The van der Waals surface area contributed by atoms with Crippen molar-refractivity contribution in [2.24, 2.45) is 0 Å². The molecule has 0 atom stereocenters. The van der Waals surface area contributed by atoms with Crippen LogP contribution in [0.1, 0.15) is 30.3 Å². The molecule has 1 N–H and O–H groups in total. The van der Waals surface area contributed by atoms with Crippen molar-refractivity contribution in [3.05, 3.63) is 77.7 Å². The molecule has 0 unspecified atom stereocenters. The topological polar surface area (TPSA) is 76.9 Å². The van der Waals surface area contributed by atoms with Crippen LogP contribution in [-0.2, 0) is 23.0 Å². The Hall–Kier alpha value is -3.40. The highest BCUT2D eigenvalue weighted by Crippen LogP contribution is 2.32. The van der Waals surface area contributed by atoms with Gasteiger partial charge in [-0.15, -0.1) is 0 Å². The molecule has 0 aliphatic rings. The highest BCUT2D eigenvalue weighted by atomic mass is 32.2. The van der Waals surface area contributed by atoms with Gasteiger partial charge in [0.25, 0.3) is 0 Å². The van der Waals surface area contributed by atoms with E-state index in [0.29, 0.717) is 17.7 Å². The van der Waals surface area contributed by atoms with Gasteiger partial charge in [0.05, 0.1) is 12.2 Å². The molecule has 0 aliphatic carbocycles. The minimum absolute atomic E-state index is 0.141. The number of pyridine rings is 1. The number of nitrogens with one attached hydrogen (secondary N) is 1. The van der Waals surface area contributed by atoms with E-state index in [2.05, 4.69) is 16.5 Å². The SMILES string of the molecule is CCCc1nc2c(C)ccnc2n1Cc1ccc(-c2ccccc2NS(=O)(=O)C(F)(F)F)cc1. The maximum absolute atomic E-state index is 12.8. The fourth-order valence-electron chi connectivity index (χ4n) is 3.76. The summed E-state index contributed by atoms with van der Waals surface area (Å²) in [6.07, 6.45) is 3.50. The fourth-order valence-corrected chi connectivity index (χ4v) is 4.35. The molecule has 4 aromatic rings. The van der Waals surface area contributed by atoms with Crippen LogP contribution in [-0.4, -0.2) is 28.5 Å². The standard InChI is InChI=1S/C24H23F3N4O2S/c1-3-6-21-29-22-16(2)13-14-28-23(22)31(21)15-17-9-11-18(12-10-17)19-7-4-5-8-20(19)30-34(32,33)24(25,26)27/h4-5,7-14,30H,3,6,15H2,1-2H3. The Kier molecular flexibility index (Phi) is 6.35. The van der Waals surface area contributed by atoms with Crippen LogP contribution in [0.5, 0.6) is 0 Å². The molecule has 34 heavy (non-hydrogen) atoms. The number of anilines is 1. The first-order valence-electron chi connectivity index (χ1n) is 10.7. The lowest BCUT2D eigenvalue weighted by molar-refractivity contribution is -0.0429. The second kappa shape index (κ2) is 9.09. The van der Waals surface area contributed by atoms with Gasteiger partial charge in [0, 0.05) is 18.2 Å². The van der Waals surface area contributed by atoms with Crippen LogP contribution < -0.4 is 4.72 Å². The minimum Gasteiger partial charge on any atom is -0.308 e. The van der Waals surface area contributed by atoms with Crippen molar-refractivity contribution in [1.29, 1.82) is 0 Å². The number of benzene rings is 2. The number of nitrogens with zero attached hydrogens (tertiary/aromatic N) is 3. The lowest BCUT2D eigenvalue weighted by atomic mass is 10.0. The Morgan fingerprint density at radius 3 is 2.41 bits per heavy atom. The van der Waals surface area contributed by atoms with Gasteiger partial charge in [-0.3, -0.25) is 4.72 Å². The first kappa shape index (κ1) is 23.7. The highest BCUT2D eigenvalue weighted by molar-refractivity contribution is 7.93. The molecule has 4 rings (SSSR count). The third-order valence-electron chi connectivity index (χ3n) is 5.47. The molecule has 2 aromatic heterocycles. The molecule has 0 aliphatic heterocycles. The van der Waals surface area contributed by atoms with Crippen molar-refractivity contribution in [1.82, 2.24) is 14.5 Å². The van der Waals surface area contributed by atoms with Gasteiger partial charge in [0.15, 0.2) is 5.65 Å². The van der Waals surface area contributed by atoms with Gasteiger partial charge < -0.3 is 4.57 Å². The lowest BCUT2D eigenvalue weighted by Crippen LogP contribution is -2.30. The van der Waals surface area contributed by atoms with Gasteiger partial charge in [-0.25, -0.2) is 9.97 Å². The van der Waals surface area contributed by atoms with Crippen LogP contribution >= 0.6 is 0 Å². The summed E-state index contributed by atoms with van der Waals surface area (Å²) in [4.78, 5) is 9.29. The number of imidazole rings is 1. The Balaban J connectivity index is 1.65. The van der Waals surface area contributed by atoms with Crippen molar-refractivity contribution in [2.75, 3.05) is 4.72 Å². The molecule has 6 nitrogen and oxygen atoms in total. The maximum Gasteiger partial charge on any atom is 0.516 e. The number of hydrogen-bond donors (Lipinski definition) is 1. The largest absolute Gasteiger partial charge is 0.516 e. The molecule has 0 amide bonds. The molecule has 10 heteroatoms. The molecule has 0 bridgehead atoms. The number of hydrogen-bond acceptors (Lipinski definition) is 4. The number of alkyl halides is 3. The van der Waals surface area contributed by atoms with Gasteiger partial charge in [-0.1, -0.05) is 49.4 Å². The molecule has 2 heterocycles. The van der Waals surface area contributed by atoms with Crippen molar-refractivity contribution in [3.63, 3.8) is 0 Å². The van der Waals surface area contributed by atoms with Crippen LogP contribution in [0.4, 0.5) is 18.9 Å². The molecule has 0 radical (unpaired) electrons. The van der Waals surface area contributed by atoms with Crippen LogP contribution in [0, 0.1) is 6.92 Å². The number of aryl methyl sites for hydroxylation is 2. The third-order valence-corrected chi connectivity index (χ3v) is 6.57. The van der Waals surface area contributed by atoms with Crippen LogP contribution in [0.15, 0.2) is 60.8 Å². The smallest absolute Gasteiger partial charge is 0.308 e. The van der Waals surface area contributed by atoms with Gasteiger partial charge in [-0.2, -0.15) is 21.6 Å². The van der Waals surface area contributed by atoms with Gasteiger partial charge in [-0.05, 0) is 42.2 Å². The number of sulfonamides is 1. The van der Waals surface area contributed by atoms with E-state index in [9.17, 15) is 21.6 Å². The average molecular weight is 489 g/mol. The third kappa shape index (κ3) is 4.63. The summed E-state index contributed by atoms with van der Waals surface area (Å²) in [5.41, 5.74) is -0.932. The lowest BCUT2D eigenvalue weighted by Gasteiger charge is -2.15. The minimum atomic E-state index is -5.53. The van der Waals surface area contributed by atoms with E-state index < -0.39 is 15.5 Å². The van der Waals surface area contributed by atoms with E-state index in [-0.39, 0.29) is 5.69 Å². The highest BCUT2D eigenvalue weighted by Gasteiger charge is 2.46.